The second kappa shape index (κ2) is 8.22. The first-order valence-corrected chi connectivity index (χ1v) is 10.2. The molecule has 0 aliphatic carbocycles. The average molecular weight is 417 g/mol. The van der Waals surface area contributed by atoms with E-state index in [0.717, 1.165) is 34.3 Å². The second-order valence-electron chi connectivity index (χ2n) is 6.15. The van der Waals surface area contributed by atoms with Crippen LogP contribution in [0.3, 0.4) is 0 Å². The summed E-state index contributed by atoms with van der Waals surface area (Å²) < 4.78 is 52.0. The fraction of sp³-hybridized carbons (Fsp3) is 0.278. The number of sulfonamides is 1. The third-order valence-electron chi connectivity index (χ3n) is 3.93. The van der Waals surface area contributed by atoms with Crippen molar-refractivity contribution in [2.24, 2.45) is 0 Å². The van der Waals surface area contributed by atoms with Crippen molar-refractivity contribution in [2.75, 3.05) is 17.6 Å². The quantitative estimate of drug-likeness (QED) is 0.724. The summed E-state index contributed by atoms with van der Waals surface area (Å²) in [5.74, 6) is -2.80. The van der Waals surface area contributed by atoms with Gasteiger partial charge in [-0.2, -0.15) is 0 Å². The van der Waals surface area contributed by atoms with Gasteiger partial charge in [-0.15, -0.1) is 0 Å². The lowest BCUT2D eigenvalue weighted by Crippen LogP contribution is -2.48. The van der Waals surface area contributed by atoms with Gasteiger partial charge in [-0.05, 0) is 36.8 Å². The lowest BCUT2D eigenvalue weighted by molar-refractivity contribution is -0.131. The van der Waals surface area contributed by atoms with Crippen LogP contribution in [0.5, 0.6) is 0 Å². The van der Waals surface area contributed by atoms with E-state index in [4.69, 9.17) is 11.6 Å². The van der Waals surface area contributed by atoms with Gasteiger partial charge in [0.1, 0.15) is 6.04 Å². The number of rotatable bonds is 6. The Labute approximate surface area is 162 Å². The summed E-state index contributed by atoms with van der Waals surface area (Å²) in [6.07, 6.45) is 0.900. The molecule has 27 heavy (non-hydrogen) atoms. The van der Waals surface area contributed by atoms with Crippen LogP contribution in [0.2, 0.25) is 5.02 Å². The zero-order valence-corrected chi connectivity index (χ0v) is 16.6. The summed E-state index contributed by atoms with van der Waals surface area (Å²) in [7, 11) is -2.40. The summed E-state index contributed by atoms with van der Waals surface area (Å²) in [5, 5.41) is 0.558. The van der Waals surface area contributed by atoms with Crippen LogP contribution >= 0.6 is 11.6 Å². The van der Waals surface area contributed by atoms with E-state index in [1.54, 1.807) is 24.3 Å². The summed E-state index contributed by atoms with van der Waals surface area (Å²) in [4.78, 5) is 14.1. The van der Waals surface area contributed by atoms with Crippen molar-refractivity contribution in [3.63, 3.8) is 0 Å². The number of carbonyl (C=O) groups is 1. The van der Waals surface area contributed by atoms with Crippen LogP contribution in [0, 0.1) is 11.6 Å². The number of hydrogen-bond donors (Lipinski definition) is 0. The zero-order chi connectivity index (χ0) is 20.4. The molecular weight excluding hydrogens is 398 g/mol. The van der Waals surface area contributed by atoms with Crippen molar-refractivity contribution in [3.8, 4) is 0 Å². The molecule has 146 valence electrons. The molecule has 0 spiro atoms. The van der Waals surface area contributed by atoms with Gasteiger partial charge in [-0.1, -0.05) is 23.7 Å². The Kier molecular flexibility index (Phi) is 6.43. The first kappa shape index (κ1) is 21.1. The molecule has 9 heteroatoms. The predicted octanol–water partition coefficient (Wildman–Crippen LogP) is 3.43. The first-order chi connectivity index (χ1) is 12.5. The van der Waals surface area contributed by atoms with E-state index in [9.17, 15) is 22.0 Å². The van der Waals surface area contributed by atoms with E-state index < -0.39 is 33.6 Å². The van der Waals surface area contributed by atoms with Crippen LogP contribution in [0.25, 0.3) is 0 Å². The van der Waals surface area contributed by atoms with E-state index in [1.807, 2.05) is 0 Å². The average Bonchev–Trinajstić information content (AvgIpc) is 2.58. The van der Waals surface area contributed by atoms with Crippen molar-refractivity contribution < 1.29 is 22.0 Å². The molecule has 0 aliphatic heterocycles. The Balaban J connectivity index is 2.28. The van der Waals surface area contributed by atoms with Gasteiger partial charge in [0.05, 0.1) is 11.9 Å². The van der Waals surface area contributed by atoms with Gasteiger partial charge in [-0.25, -0.2) is 17.2 Å². The van der Waals surface area contributed by atoms with Crippen LogP contribution in [-0.2, 0) is 21.4 Å². The van der Waals surface area contributed by atoms with Crippen molar-refractivity contribution in [1.82, 2.24) is 4.90 Å². The molecule has 2 rings (SSSR count). The van der Waals surface area contributed by atoms with Crippen molar-refractivity contribution >= 4 is 33.2 Å². The van der Waals surface area contributed by atoms with Gasteiger partial charge in [0.15, 0.2) is 11.6 Å². The summed E-state index contributed by atoms with van der Waals surface area (Å²) in [5.41, 5.74) is 0.679. The van der Waals surface area contributed by atoms with E-state index >= 15 is 0 Å². The largest absolute Gasteiger partial charge is 0.340 e. The highest BCUT2D eigenvalue weighted by molar-refractivity contribution is 7.92. The number of benzene rings is 2. The van der Waals surface area contributed by atoms with Gasteiger partial charge < -0.3 is 4.90 Å². The number of hydrogen-bond acceptors (Lipinski definition) is 3. The fourth-order valence-corrected chi connectivity index (χ4v) is 3.97. The lowest BCUT2D eigenvalue weighted by atomic mass is 10.2. The van der Waals surface area contributed by atoms with Crippen molar-refractivity contribution in [3.05, 3.63) is 64.7 Å². The van der Waals surface area contributed by atoms with E-state index in [2.05, 4.69) is 0 Å². The predicted molar refractivity (Wildman–Crippen MR) is 101 cm³/mol. The van der Waals surface area contributed by atoms with Gasteiger partial charge in [0, 0.05) is 24.7 Å². The first-order valence-electron chi connectivity index (χ1n) is 7.94. The standard InChI is InChI=1S/C18H19ClF2N2O3S/c1-12(18(24)22(2)11-13-4-6-14(19)7-5-13)23(27(3,25)26)15-8-9-16(20)17(21)10-15/h4-10,12H,11H2,1-3H3/t12-/m0/s1. The molecule has 0 saturated heterocycles. The number of nitrogens with zero attached hydrogens (tertiary/aromatic N) is 2. The summed E-state index contributed by atoms with van der Waals surface area (Å²) >= 11 is 5.83. The molecule has 0 N–H and O–H groups in total. The summed E-state index contributed by atoms with van der Waals surface area (Å²) in [6, 6.07) is 8.40. The van der Waals surface area contributed by atoms with Crippen LogP contribution in [0.4, 0.5) is 14.5 Å². The monoisotopic (exact) mass is 416 g/mol. The Hall–Kier alpha value is -2.19. The number of carbonyl (C=O) groups excluding carboxylic acids is 1. The number of amides is 1. The highest BCUT2D eigenvalue weighted by Gasteiger charge is 2.31. The maximum Gasteiger partial charge on any atom is 0.246 e. The molecule has 0 aromatic heterocycles. The molecule has 1 amide bonds. The van der Waals surface area contributed by atoms with Crippen LogP contribution < -0.4 is 4.31 Å². The van der Waals surface area contributed by atoms with Gasteiger partial charge in [-0.3, -0.25) is 9.10 Å². The fourth-order valence-electron chi connectivity index (χ4n) is 2.69. The number of anilines is 1. The normalized spacial score (nSPS) is 12.5. The van der Waals surface area contributed by atoms with Crippen molar-refractivity contribution in [2.45, 2.75) is 19.5 Å². The minimum absolute atomic E-state index is 0.128. The van der Waals surface area contributed by atoms with Crippen LogP contribution in [-0.4, -0.2) is 38.6 Å². The SMILES string of the molecule is C[C@@H](C(=O)N(C)Cc1ccc(Cl)cc1)N(c1ccc(F)c(F)c1)S(C)(=O)=O. The van der Waals surface area contributed by atoms with Crippen molar-refractivity contribution in [1.29, 1.82) is 0 Å². The van der Waals surface area contributed by atoms with Gasteiger partial charge >= 0.3 is 0 Å². The minimum atomic E-state index is -3.92. The molecule has 2 aromatic rings. The Morgan fingerprint density at radius 1 is 1.11 bits per heavy atom. The van der Waals surface area contributed by atoms with Gasteiger partial charge in [0.25, 0.3) is 0 Å². The molecule has 1 atom stereocenters. The van der Waals surface area contributed by atoms with Crippen LogP contribution in [0.15, 0.2) is 42.5 Å². The highest BCUT2D eigenvalue weighted by Crippen LogP contribution is 2.24. The smallest absolute Gasteiger partial charge is 0.246 e. The number of halogens is 3. The molecular formula is C18H19ClF2N2O3S. The number of likely N-dealkylation sites (N-methyl/N-ethyl adjacent to an activating group) is 1. The highest BCUT2D eigenvalue weighted by atomic mass is 35.5. The van der Waals surface area contributed by atoms with E-state index in [-0.39, 0.29) is 12.2 Å². The van der Waals surface area contributed by atoms with E-state index in [1.165, 1.54) is 18.9 Å². The topological polar surface area (TPSA) is 57.7 Å². The Morgan fingerprint density at radius 3 is 2.22 bits per heavy atom. The summed E-state index contributed by atoms with van der Waals surface area (Å²) in [6.45, 7) is 1.62. The minimum Gasteiger partial charge on any atom is -0.340 e. The molecule has 0 aliphatic rings. The molecule has 0 radical (unpaired) electrons. The molecule has 0 fully saturated rings. The van der Waals surface area contributed by atoms with Crippen LogP contribution in [0.1, 0.15) is 12.5 Å². The third-order valence-corrected chi connectivity index (χ3v) is 5.43. The maximum atomic E-state index is 13.6. The maximum absolute atomic E-state index is 13.6. The molecule has 5 nitrogen and oxygen atoms in total. The molecule has 0 unspecified atom stereocenters. The van der Waals surface area contributed by atoms with E-state index in [0.29, 0.717) is 5.02 Å². The second-order valence-corrected chi connectivity index (χ2v) is 8.45. The third kappa shape index (κ3) is 5.17. The molecule has 2 aromatic carbocycles. The lowest BCUT2D eigenvalue weighted by Gasteiger charge is -2.31. The molecule has 0 heterocycles. The Bertz CT molecular complexity index is 936. The Morgan fingerprint density at radius 2 is 1.70 bits per heavy atom. The molecule has 0 saturated carbocycles. The van der Waals surface area contributed by atoms with Gasteiger partial charge in [0.2, 0.25) is 15.9 Å². The zero-order valence-electron chi connectivity index (χ0n) is 15.0. The molecule has 0 bridgehead atoms.